The Morgan fingerprint density at radius 3 is 2.70 bits per heavy atom. The Morgan fingerprint density at radius 1 is 1.30 bits per heavy atom. The Hall–Kier alpha value is -0.960. The second kappa shape index (κ2) is 7.29. The summed E-state index contributed by atoms with van der Waals surface area (Å²) in [6.07, 6.45) is 6.70. The third-order valence-corrected chi connectivity index (χ3v) is 6.55. The molecule has 2 fully saturated rings. The summed E-state index contributed by atoms with van der Waals surface area (Å²) in [5, 5.41) is 4.19. The second-order valence-corrected chi connectivity index (χ2v) is 8.10. The maximum absolute atomic E-state index is 12.6. The van der Waals surface area contributed by atoms with Crippen LogP contribution >= 0.6 is 0 Å². The standard InChI is InChI=1S/C15H25N3O4S/c1-17-15(5-8-16-17)23(19,20)18-9-6-13(7-10-18)22-12-14-4-2-3-11-21-14/h5,8,13-14H,2-4,6-7,9-12H2,1H3/t14-/m0/s1. The first-order valence-electron chi connectivity index (χ1n) is 8.29. The number of aromatic nitrogens is 2. The average Bonchev–Trinajstić information content (AvgIpc) is 3.01. The van der Waals surface area contributed by atoms with Crippen LogP contribution in [-0.2, 0) is 26.5 Å². The van der Waals surface area contributed by atoms with Gasteiger partial charge in [-0.1, -0.05) is 0 Å². The number of hydrogen-bond donors (Lipinski definition) is 0. The number of aryl methyl sites for hydroxylation is 1. The van der Waals surface area contributed by atoms with Crippen LogP contribution < -0.4 is 0 Å². The molecule has 0 radical (unpaired) electrons. The second-order valence-electron chi connectivity index (χ2n) is 6.22. The predicted octanol–water partition coefficient (Wildman–Crippen LogP) is 1.16. The first-order chi connectivity index (χ1) is 11.1. The highest BCUT2D eigenvalue weighted by molar-refractivity contribution is 7.89. The molecule has 0 saturated carbocycles. The van der Waals surface area contributed by atoms with E-state index in [0.717, 1.165) is 32.3 Å². The van der Waals surface area contributed by atoms with Crippen molar-refractivity contribution in [1.82, 2.24) is 14.1 Å². The van der Waals surface area contributed by atoms with E-state index in [0.29, 0.717) is 19.7 Å². The van der Waals surface area contributed by atoms with Crippen molar-refractivity contribution in [2.24, 2.45) is 7.05 Å². The van der Waals surface area contributed by atoms with E-state index >= 15 is 0 Å². The van der Waals surface area contributed by atoms with E-state index < -0.39 is 10.0 Å². The monoisotopic (exact) mass is 343 g/mol. The molecule has 130 valence electrons. The fraction of sp³-hybridized carbons (Fsp3) is 0.800. The van der Waals surface area contributed by atoms with E-state index in [1.807, 2.05) is 0 Å². The molecule has 0 aromatic carbocycles. The van der Waals surface area contributed by atoms with Gasteiger partial charge in [0, 0.05) is 26.7 Å². The zero-order chi connectivity index (χ0) is 16.3. The van der Waals surface area contributed by atoms with E-state index in [-0.39, 0.29) is 17.2 Å². The van der Waals surface area contributed by atoms with Gasteiger partial charge in [-0.3, -0.25) is 4.68 Å². The van der Waals surface area contributed by atoms with Gasteiger partial charge in [-0.2, -0.15) is 9.40 Å². The predicted molar refractivity (Wildman–Crippen MR) is 84.5 cm³/mol. The van der Waals surface area contributed by atoms with Crippen LogP contribution in [0.2, 0.25) is 0 Å². The molecule has 1 atom stereocenters. The molecular formula is C15H25N3O4S. The Balaban J connectivity index is 1.49. The lowest BCUT2D eigenvalue weighted by atomic mass is 10.1. The highest BCUT2D eigenvalue weighted by atomic mass is 32.2. The summed E-state index contributed by atoms with van der Waals surface area (Å²) in [5.74, 6) is 0. The Morgan fingerprint density at radius 2 is 2.09 bits per heavy atom. The van der Waals surface area contributed by atoms with Crippen LogP contribution in [0, 0.1) is 0 Å². The summed E-state index contributed by atoms with van der Waals surface area (Å²) in [4.78, 5) is 0. The van der Waals surface area contributed by atoms with E-state index in [1.165, 1.54) is 21.6 Å². The molecular weight excluding hydrogens is 318 g/mol. The van der Waals surface area contributed by atoms with Gasteiger partial charge >= 0.3 is 0 Å². The molecule has 0 unspecified atom stereocenters. The van der Waals surface area contributed by atoms with Gasteiger partial charge in [0.1, 0.15) is 0 Å². The van der Waals surface area contributed by atoms with Crippen LogP contribution in [-0.4, -0.2) is 61.0 Å². The van der Waals surface area contributed by atoms with Crippen molar-refractivity contribution in [3.8, 4) is 0 Å². The van der Waals surface area contributed by atoms with Crippen molar-refractivity contribution < 1.29 is 17.9 Å². The van der Waals surface area contributed by atoms with Crippen molar-refractivity contribution in [2.75, 3.05) is 26.3 Å². The Kier molecular flexibility index (Phi) is 5.35. The maximum Gasteiger partial charge on any atom is 0.260 e. The van der Waals surface area contributed by atoms with Gasteiger partial charge < -0.3 is 9.47 Å². The summed E-state index contributed by atoms with van der Waals surface area (Å²) in [6.45, 7) is 2.43. The molecule has 0 aliphatic carbocycles. The zero-order valence-corrected chi connectivity index (χ0v) is 14.4. The molecule has 0 spiro atoms. The van der Waals surface area contributed by atoms with Crippen molar-refractivity contribution in [3.63, 3.8) is 0 Å². The molecule has 2 saturated heterocycles. The fourth-order valence-electron chi connectivity index (χ4n) is 3.17. The smallest absolute Gasteiger partial charge is 0.260 e. The van der Waals surface area contributed by atoms with Crippen LogP contribution in [0.3, 0.4) is 0 Å². The highest BCUT2D eigenvalue weighted by Gasteiger charge is 2.31. The minimum Gasteiger partial charge on any atom is -0.376 e. The lowest BCUT2D eigenvalue weighted by Gasteiger charge is -2.32. The van der Waals surface area contributed by atoms with Crippen molar-refractivity contribution in [2.45, 2.75) is 49.3 Å². The molecule has 7 nitrogen and oxygen atoms in total. The quantitative estimate of drug-likeness (QED) is 0.802. The number of ether oxygens (including phenoxy) is 2. The molecule has 23 heavy (non-hydrogen) atoms. The summed E-state index contributed by atoms with van der Waals surface area (Å²) in [6, 6.07) is 1.54. The molecule has 8 heteroatoms. The van der Waals surface area contributed by atoms with Crippen LogP contribution in [0.4, 0.5) is 0 Å². The van der Waals surface area contributed by atoms with Crippen LogP contribution in [0.25, 0.3) is 0 Å². The third-order valence-electron chi connectivity index (χ3n) is 4.57. The topological polar surface area (TPSA) is 73.7 Å². The van der Waals surface area contributed by atoms with Gasteiger partial charge in [-0.05, 0) is 38.2 Å². The molecule has 0 N–H and O–H groups in total. The minimum atomic E-state index is -3.45. The van der Waals surface area contributed by atoms with Crippen LogP contribution in [0.15, 0.2) is 17.3 Å². The number of nitrogens with zero attached hydrogens (tertiary/aromatic N) is 3. The van der Waals surface area contributed by atoms with Gasteiger partial charge in [0.25, 0.3) is 10.0 Å². The lowest BCUT2D eigenvalue weighted by molar-refractivity contribution is -0.0715. The number of sulfonamides is 1. The van der Waals surface area contributed by atoms with Crippen molar-refractivity contribution >= 4 is 10.0 Å². The Labute approximate surface area is 137 Å². The number of hydrogen-bond acceptors (Lipinski definition) is 5. The zero-order valence-electron chi connectivity index (χ0n) is 13.6. The first kappa shape index (κ1) is 16.9. The summed E-state index contributed by atoms with van der Waals surface area (Å²) < 4.78 is 39.7. The van der Waals surface area contributed by atoms with E-state index in [4.69, 9.17) is 9.47 Å². The lowest BCUT2D eigenvalue weighted by Crippen LogP contribution is -2.42. The molecule has 0 bridgehead atoms. The van der Waals surface area contributed by atoms with Gasteiger partial charge in [-0.15, -0.1) is 0 Å². The molecule has 1 aromatic rings. The van der Waals surface area contributed by atoms with E-state index in [9.17, 15) is 8.42 Å². The van der Waals surface area contributed by atoms with Crippen LogP contribution in [0.1, 0.15) is 32.1 Å². The molecule has 2 aliphatic rings. The van der Waals surface area contributed by atoms with Crippen molar-refractivity contribution in [3.05, 3.63) is 12.3 Å². The minimum absolute atomic E-state index is 0.124. The summed E-state index contributed by atoms with van der Waals surface area (Å²) >= 11 is 0. The largest absolute Gasteiger partial charge is 0.376 e. The third kappa shape index (κ3) is 3.93. The molecule has 2 aliphatic heterocycles. The van der Waals surface area contributed by atoms with E-state index in [2.05, 4.69) is 5.10 Å². The number of rotatable bonds is 5. The summed E-state index contributed by atoms with van der Waals surface area (Å²) in [7, 11) is -1.81. The summed E-state index contributed by atoms with van der Waals surface area (Å²) in [5.41, 5.74) is 0. The normalized spacial score (nSPS) is 24.8. The molecule has 3 rings (SSSR count). The van der Waals surface area contributed by atoms with Crippen molar-refractivity contribution in [1.29, 1.82) is 0 Å². The molecule has 3 heterocycles. The molecule has 1 aromatic heterocycles. The maximum atomic E-state index is 12.6. The number of piperidine rings is 1. The first-order valence-corrected chi connectivity index (χ1v) is 9.73. The van der Waals surface area contributed by atoms with Crippen LogP contribution in [0.5, 0.6) is 0 Å². The fourth-order valence-corrected chi connectivity index (χ4v) is 4.74. The Bertz CT molecular complexity index is 602. The van der Waals surface area contributed by atoms with Gasteiger partial charge in [0.15, 0.2) is 5.03 Å². The molecule has 0 amide bonds. The van der Waals surface area contributed by atoms with E-state index in [1.54, 1.807) is 13.1 Å². The average molecular weight is 343 g/mol. The highest BCUT2D eigenvalue weighted by Crippen LogP contribution is 2.22. The van der Waals surface area contributed by atoms with Gasteiger partial charge in [0.05, 0.1) is 25.0 Å². The SMILES string of the molecule is Cn1nccc1S(=O)(=O)N1CCC(OC[C@@H]2CCCCO2)CC1. The van der Waals surface area contributed by atoms with Gasteiger partial charge in [-0.25, -0.2) is 8.42 Å². The van der Waals surface area contributed by atoms with Gasteiger partial charge in [0.2, 0.25) is 0 Å².